The monoisotopic (exact) mass is 236 g/mol. The van der Waals surface area contributed by atoms with Crippen LogP contribution in [0.4, 0.5) is 5.82 Å². The lowest BCUT2D eigenvalue weighted by atomic mass is 9.92. The van der Waals surface area contributed by atoms with Gasteiger partial charge in [0.1, 0.15) is 11.5 Å². The molecule has 0 bridgehead atoms. The maximum Gasteiger partial charge on any atom is 0.269 e. The fourth-order valence-electron chi connectivity index (χ4n) is 1.28. The second kappa shape index (κ2) is 5.63. The second-order valence-corrected chi connectivity index (χ2v) is 5.12. The Hall–Kier alpha value is -1.62. The quantitative estimate of drug-likeness (QED) is 0.547. The number of nitrogen functional groups attached to an aromatic ring is 1. The smallest absolute Gasteiger partial charge is 0.269 e. The summed E-state index contributed by atoms with van der Waals surface area (Å²) in [7, 11) is 0. The van der Waals surface area contributed by atoms with Crippen molar-refractivity contribution in [2.24, 2.45) is 11.3 Å². The van der Waals surface area contributed by atoms with Crippen molar-refractivity contribution in [2.45, 2.75) is 27.2 Å². The molecule has 1 amide bonds. The molecule has 5 heteroatoms. The van der Waals surface area contributed by atoms with Crippen LogP contribution in [0.3, 0.4) is 0 Å². The molecule has 0 spiro atoms. The van der Waals surface area contributed by atoms with Gasteiger partial charge in [0.25, 0.3) is 5.91 Å². The first kappa shape index (κ1) is 13.4. The third kappa shape index (κ3) is 4.82. The first-order valence-electron chi connectivity index (χ1n) is 5.64. The van der Waals surface area contributed by atoms with Gasteiger partial charge in [0.2, 0.25) is 0 Å². The first-order valence-corrected chi connectivity index (χ1v) is 5.64. The van der Waals surface area contributed by atoms with Gasteiger partial charge in [-0.2, -0.15) is 0 Å². The molecule has 1 aromatic rings. The van der Waals surface area contributed by atoms with Gasteiger partial charge in [-0.1, -0.05) is 26.8 Å². The predicted octanol–water partition coefficient (Wildman–Crippen LogP) is 1.53. The zero-order chi connectivity index (χ0) is 12.9. The topological polar surface area (TPSA) is 80.0 Å². The summed E-state index contributed by atoms with van der Waals surface area (Å²) in [6.07, 6.45) is 0.924. The molecule has 0 aromatic carbocycles. The van der Waals surface area contributed by atoms with E-state index in [2.05, 4.69) is 36.5 Å². The summed E-state index contributed by atoms with van der Waals surface area (Å²) in [6.45, 7) is 7.05. The molecule has 0 aliphatic rings. The third-order valence-electron chi connectivity index (χ3n) is 2.29. The number of rotatable bonds is 4. The van der Waals surface area contributed by atoms with Gasteiger partial charge in [0.15, 0.2) is 0 Å². The van der Waals surface area contributed by atoms with Gasteiger partial charge in [-0.25, -0.2) is 10.8 Å². The van der Waals surface area contributed by atoms with Crippen LogP contribution in [0, 0.1) is 5.41 Å². The maximum absolute atomic E-state index is 11.8. The molecule has 0 atom stereocenters. The van der Waals surface area contributed by atoms with Crippen molar-refractivity contribution in [2.75, 3.05) is 12.0 Å². The first-order chi connectivity index (χ1) is 7.92. The average molecular weight is 236 g/mol. The van der Waals surface area contributed by atoms with Crippen molar-refractivity contribution in [1.82, 2.24) is 10.3 Å². The number of hydrogen-bond acceptors (Lipinski definition) is 4. The van der Waals surface area contributed by atoms with Crippen molar-refractivity contribution < 1.29 is 4.79 Å². The number of carbonyl (C=O) groups excluding carboxylic acids is 1. The Morgan fingerprint density at radius 3 is 2.71 bits per heavy atom. The number of anilines is 1. The standard InChI is InChI=1S/C12H20N4O/c1-12(2,3)7-8-14-11(17)9-5-4-6-10(15-9)16-13/h4-6H,7-8,13H2,1-3H3,(H,14,17)(H,15,16). The molecule has 4 N–H and O–H groups in total. The Bertz CT molecular complexity index is 384. The van der Waals surface area contributed by atoms with Crippen LogP contribution in [0.15, 0.2) is 18.2 Å². The lowest BCUT2D eigenvalue weighted by Crippen LogP contribution is -2.28. The van der Waals surface area contributed by atoms with Crippen LogP contribution in [0.1, 0.15) is 37.7 Å². The predicted molar refractivity (Wildman–Crippen MR) is 68.5 cm³/mol. The second-order valence-electron chi connectivity index (χ2n) is 5.12. The molecule has 0 radical (unpaired) electrons. The van der Waals surface area contributed by atoms with Gasteiger partial charge < -0.3 is 10.7 Å². The fourth-order valence-corrected chi connectivity index (χ4v) is 1.28. The van der Waals surface area contributed by atoms with Gasteiger partial charge in [0, 0.05) is 6.54 Å². The number of hydrogen-bond donors (Lipinski definition) is 3. The number of hydrazine groups is 1. The van der Waals surface area contributed by atoms with Crippen molar-refractivity contribution >= 4 is 11.7 Å². The van der Waals surface area contributed by atoms with E-state index in [-0.39, 0.29) is 11.3 Å². The van der Waals surface area contributed by atoms with E-state index in [1.807, 2.05) is 0 Å². The van der Waals surface area contributed by atoms with Gasteiger partial charge in [-0.15, -0.1) is 0 Å². The van der Waals surface area contributed by atoms with Crippen molar-refractivity contribution in [3.63, 3.8) is 0 Å². The Balaban J connectivity index is 2.52. The molecular weight excluding hydrogens is 216 g/mol. The fraction of sp³-hybridized carbons (Fsp3) is 0.500. The number of aromatic nitrogens is 1. The molecule has 0 saturated heterocycles. The number of nitrogens with zero attached hydrogens (tertiary/aromatic N) is 1. The molecule has 5 nitrogen and oxygen atoms in total. The molecule has 0 fully saturated rings. The van der Waals surface area contributed by atoms with E-state index in [1.54, 1.807) is 18.2 Å². The summed E-state index contributed by atoms with van der Waals surface area (Å²) in [5, 5.41) is 2.84. The van der Waals surface area contributed by atoms with Crippen LogP contribution in [-0.2, 0) is 0 Å². The number of amides is 1. The summed E-state index contributed by atoms with van der Waals surface area (Å²) in [6, 6.07) is 5.10. The number of carbonyl (C=O) groups is 1. The van der Waals surface area contributed by atoms with Crippen LogP contribution in [0.2, 0.25) is 0 Å². The summed E-state index contributed by atoms with van der Waals surface area (Å²) in [5.41, 5.74) is 2.99. The summed E-state index contributed by atoms with van der Waals surface area (Å²) < 4.78 is 0. The van der Waals surface area contributed by atoms with Crippen molar-refractivity contribution in [3.8, 4) is 0 Å². The minimum atomic E-state index is -0.175. The SMILES string of the molecule is CC(C)(C)CCNC(=O)c1cccc(NN)n1. The molecule has 1 heterocycles. The highest BCUT2D eigenvalue weighted by molar-refractivity contribution is 5.92. The Morgan fingerprint density at radius 1 is 1.41 bits per heavy atom. The van der Waals surface area contributed by atoms with E-state index in [1.165, 1.54) is 0 Å². The Morgan fingerprint density at radius 2 is 2.12 bits per heavy atom. The van der Waals surface area contributed by atoms with E-state index >= 15 is 0 Å². The molecule has 0 aliphatic heterocycles. The van der Waals surface area contributed by atoms with Crippen molar-refractivity contribution in [3.05, 3.63) is 23.9 Å². The molecule has 17 heavy (non-hydrogen) atoms. The molecule has 94 valence electrons. The van der Waals surface area contributed by atoms with E-state index in [0.717, 1.165) is 6.42 Å². The minimum absolute atomic E-state index is 0.175. The largest absolute Gasteiger partial charge is 0.351 e. The highest BCUT2D eigenvalue weighted by Crippen LogP contribution is 2.17. The molecule has 1 aromatic heterocycles. The van der Waals surface area contributed by atoms with Crippen LogP contribution in [0.5, 0.6) is 0 Å². The number of nitrogens with two attached hydrogens (primary N) is 1. The lowest BCUT2D eigenvalue weighted by molar-refractivity contribution is 0.0944. The van der Waals surface area contributed by atoms with Crippen molar-refractivity contribution in [1.29, 1.82) is 0 Å². The van der Waals surface area contributed by atoms with E-state index < -0.39 is 0 Å². The minimum Gasteiger partial charge on any atom is -0.351 e. The number of pyridine rings is 1. The molecular formula is C12H20N4O. The van der Waals surface area contributed by atoms with Gasteiger partial charge >= 0.3 is 0 Å². The van der Waals surface area contributed by atoms with Gasteiger partial charge in [0.05, 0.1) is 0 Å². The molecule has 0 aliphatic carbocycles. The van der Waals surface area contributed by atoms with Gasteiger partial charge in [-0.3, -0.25) is 4.79 Å². The Labute approximate surface area is 102 Å². The summed E-state index contributed by atoms with van der Waals surface area (Å²) in [4.78, 5) is 15.8. The van der Waals surface area contributed by atoms with Gasteiger partial charge in [-0.05, 0) is 24.0 Å². The summed E-state index contributed by atoms with van der Waals surface area (Å²) >= 11 is 0. The van der Waals surface area contributed by atoms with Crippen LogP contribution in [-0.4, -0.2) is 17.4 Å². The number of nitrogens with one attached hydrogen (secondary N) is 2. The maximum atomic E-state index is 11.8. The highest BCUT2D eigenvalue weighted by Gasteiger charge is 2.12. The Kier molecular flexibility index (Phi) is 4.45. The third-order valence-corrected chi connectivity index (χ3v) is 2.29. The van der Waals surface area contributed by atoms with E-state index in [0.29, 0.717) is 18.1 Å². The van der Waals surface area contributed by atoms with Crippen LogP contribution >= 0.6 is 0 Å². The van der Waals surface area contributed by atoms with Crippen LogP contribution < -0.4 is 16.6 Å². The van der Waals surface area contributed by atoms with E-state index in [4.69, 9.17) is 5.84 Å². The average Bonchev–Trinajstić information content (AvgIpc) is 2.27. The molecule has 0 unspecified atom stereocenters. The zero-order valence-corrected chi connectivity index (χ0v) is 10.6. The van der Waals surface area contributed by atoms with Crippen LogP contribution in [0.25, 0.3) is 0 Å². The molecule has 0 saturated carbocycles. The lowest BCUT2D eigenvalue weighted by Gasteiger charge is -2.17. The zero-order valence-electron chi connectivity index (χ0n) is 10.6. The summed E-state index contributed by atoms with van der Waals surface area (Å²) in [5.74, 6) is 5.54. The van der Waals surface area contributed by atoms with E-state index in [9.17, 15) is 4.79 Å². The highest BCUT2D eigenvalue weighted by atomic mass is 16.1. The molecule has 1 rings (SSSR count). The normalized spacial score (nSPS) is 11.1.